The molecule has 0 aromatic heterocycles. The van der Waals surface area contributed by atoms with E-state index in [-0.39, 0.29) is 6.10 Å². The van der Waals surface area contributed by atoms with Crippen LogP contribution in [0.4, 0.5) is 11.4 Å². The van der Waals surface area contributed by atoms with Crippen LogP contribution in [0.5, 0.6) is 5.75 Å². The summed E-state index contributed by atoms with van der Waals surface area (Å²) in [5.74, 6) is 1.64. The monoisotopic (exact) mass is 281 g/mol. The molecular formula is C17H19N3O. The number of nitrogen functional groups attached to an aromatic ring is 1. The van der Waals surface area contributed by atoms with Gasteiger partial charge in [0.25, 0.3) is 0 Å². The first-order valence-corrected chi connectivity index (χ1v) is 7.05. The predicted molar refractivity (Wildman–Crippen MR) is 86.9 cm³/mol. The normalized spacial score (nSPS) is 18.8. The molecule has 0 saturated heterocycles. The molecule has 1 unspecified atom stereocenters. The quantitative estimate of drug-likeness (QED) is 0.830. The minimum absolute atomic E-state index is 0.0911. The van der Waals surface area contributed by atoms with Gasteiger partial charge in [-0.25, -0.2) is 0 Å². The second kappa shape index (κ2) is 5.48. The fourth-order valence-electron chi connectivity index (χ4n) is 2.27. The van der Waals surface area contributed by atoms with Crippen LogP contribution in [0.25, 0.3) is 0 Å². The van der Waals surface area contributed by atoms with Gasteiger partial charge in [-0.05, 0) is 37.6 Å². The number of ether oxygens (including phenoxy) is 1. The van der Waals surface area contributed by atoms with E-state index in [1.807, 2.05) is 25.1 Å². The van der Waals surface area contributed by atoms with Gasteiger partial charge in [-0.2, -0.15) is 0 Å². The van der Waals surface area contributed by atoms with E-state index in [9.17, 15) is 0 Å². The summed E-state index contributed by atoms with van der Waals surface area (Å²) in [6.45, 7) is 4.70. The van der Waals surface area contributed by atoms with Crippen molar-refractivity contribution in [1.29, 1.82) is 0 Å². The topological polar surface area (TPSA) is 59.6 Å². The van der Waals surface area contributed by atoms with Crippen molar-refractivity contribution >= 4 is 17.2 Å². The van der Waals surface area contributed by atoms with E-state index < -0.39 is 0 Å². The minimum Gasteiger partial charge on any atom is -0.481 e. The molecule has 108 valence electrons. The average Bonchev–Trinajstić information content (AvgIpc) is 2.47. The zero-order chi connectivity index (χ0) is 14.8. The maximum absolute atomic E-state index is 5.86. The van der Waals surface area contributed by atoms with Crippen LogP contribution in [0, 0.1) is 6.92 Å². The number of nitrogens with one attached hydrogen (secondary N) is 1. The van der Waals surface area contributed by atoms with Gasteiger partial charge in [0, 0.05) is 5.69 Å². The molecule has 0 saturated carbocycles. The molecule has 4 heteroatoms. The summed E-state index contributed by atoms with van der Waals surface area (Å²) in [6, 6.07) is 14.0. The number of aliphatic imine (C=N–C) groups is 1. The highest BCUT2D eigenvalue weighted by Crippen LogP contribution is 2.31. The van der Waals surface area contributed by atoms with Gasteiger partial charge >= 0.3 is 0 Å². The number of rotatable bonds is 2. The van der Waals surface area contributed by atoms with Gasteiger partial charge in [0.1, 0.15) is 11.6 Å². The number of amidine groups is 1. The fourth-order valence-corrected chi connectivity index (χ4v) is 2.27. The summed E-state index contributed by atoms with van der Waals surface area (Å²) < 4.78 is 5.86. The second-order valence-electron chi connectivity index (χ2n) is 5.33. The van der Waals surface area contributed by atoms with Crippen molar-refractivity contribution in [3.63, 3.8) is 0 Å². The molecule has 1 heterocycles. The van der Waals surface area contributed by atoms with Crippen molar-refractivity contribution in [3.05, 3.63) is 53.6 Å². The first-order chi connectivity index (χ1) is 10.1. The number of anilines is 2. The van der Waals surface area contributed by atoms with E-state index in [1.54, 1.807) is 0 Å². The molecule has 3 N–H and O–H groups in total. The van der Waals surface area contributed by atoms with Gasteiger partial charge in [0.05, 0.1) is 12.2 Å². The van der Waals surface area contributed by atoms with E-state index >= 15 is 0 Å². The van der Waals surface area contributed by atoms with Gasteiger partial charge in [-0.15, -0.1) is 0 Å². The fraction of sp³-hybridized carbons (Fsp3) is 0.235. The maximum atomic E-state index is 5.86. The Morgan fingerprint density at radius 2 is 1.95 bits per heavy atom. The number of nitrogens with zero attached hydrogens (tertiary/aromatic N) is 1. The lowest BCUT2D eigenvalue weighted by atomic mass is 10.1. The molecular weight excluding hydrogens is 262 g/mol. The molecule has 0 fully saturated rings. The summed E-state index contributed by atoms with van der Waals surface area (Å²) in [6.07, 6.45) is -0.0911. The lowest BCUT2D eigenvalue weighted by Gasteiger charge is -2.26. The highest BCUT2D eigenvalue weighted by atomic mass is 16.5. The van der Waals surface area contributed by atoms with Crippen LogP contribution < -0.4 is 15.8 Å². The van der Waals surface area contributed by atoms with Crippen LogP contribution in [0.1, 0.15) is 18.1 Å². The Morgan fingerprint density at radius 3 is 2.71 bits per heavy atom. The van der Waals surface area contributed by atoms with E-state index in [0.29, 0.717) is 12.2 Å². The molecule has 0 bridgehead atoms. The predicted octanol–water partition coefficient (Wildman–Crippen LogP) is 3.37. The smallest absolute Gasteiger partial charge is 0.153 e. The van der Waals surface area contributed by atoms with Crippen molar-refractivity contribution in [3.8, 4) is 5.75 Å². The van der Waals surface area contributed by atoms with Crippen LogP contribution >= 0.6 is 0 Å². The van der Waals surface area contributed by atoms with Gasteiger partial charge in [0.15, 0.2) is 6.10 Å². The van der Waals surface area contributed by atoms with Gasteiger partial charge in [-0.1, -0.05) is 29.8 Å². The molecule has 0 aliphatic carbocycles. The highest BCUT2D eigenvalue weighted by Gasteiger charge is 2.21. The number of aryl methyl sites for hydroxylation is 1. The lowest BCUT2D eigenvalue weighted by Crippen LogP contribution is -2.34. The van der Waals surface area contributed by atoms with E-state index in [4.69, 9.17) is 10.5 Å². The van der Waals surface area contributed by atoms with Crippen molar-refractivity contribution in [2.45, 2.75) is 26.5 Å². The Hall–Kier alpha value is -2.49. The number of hydrogen-bond donors (Lipinski definition) is 2. The molecule has 0 spiro atoms. The summed E-state index contributed by atoms with van der Waals surface area (Å²) in [4.78, 5) is 4.63. The Balaban J connectivity index is 1.79. The maximum Gasteiger partial charge on any atom is 0.153 e. The largest absolute Gasteiger partial charge is 0.481 e. The van der Waals surface area contributed by atoms with Crippen LogP contribution in [-0.4, -0.2) is 11.9 Å². The number of benzene rings is 2. The van der Waals surface area contributed by atoms with Crippen LogP contribution in [0.15, 0.2) is 47.5 Å². The van der Waals surface area contributed by atoms with Crippen molar-refractivity contribution in [1.82, 2.24) is 0 Å². The summed E-state index contributed by atoms with van der Waals surface area (Å²) in [5, 5.41) is 3.31. The van der Waals surface area contributed by atoms with Crippen LogP contribution in [0.3, 0.4) is 0 Å². The molecule has 1 aliphatic heterocycles. The molecule has 1 aliphatic rings. The number of hydrogen-bond acceptors (Lipinski definition) is 3. The SMILES string of the molecule is Cc1ccc(CN=C2Nc3cc(N)ccc3OC2C)cc1. The van der Waals surface area contributed by atoms with E-state index in [2.05, 4.69) is 41.5 Å². The Kier molecular flexibility index (Phi) is 3.52. The van der Waals surface area contributed by atoms with Crippen molar-refractivity contribution in [2.24, 2.45) is 4.99 Å². The molecule has 3 rings (SSSR count). The third kappa shape index (κ3) is 2.99. The number of nitrogens with two attached hydrogens (primary N) is 1. The Morgan fingerprint density at radius 1 is 1.19 bits per heavy atom. The standard InChI is InChI=1S/C17H19N3O/c1-11-3-5-13(6-4-11)10-19-17-12(2)21-16-8-7-14(18)9-15(16)20-17/h3-9,12H,10,18H2,1-2H3,(H,19,20). The average molecular weight is 281 g/mol. The molecule has 2 aromatic rings. The van der Waals surface area contributed by atoms with Crippen LogP contribution in [0.2, 0.25) is 0 Å². The minimum atomic E-state index is -0.0911. The summed E-state index contributed by atoms with van der Waals surface area (Å²) >= 11 is 0. The molecule has 21 heavy (non-hydrogen) atoms. The third-order valence-corrected chi connectivity index (χ3v) is 3.51. The van der Waals surface area contributed by atoms with Crippen molar-refractivity contribution in [2.75, 3.05) is 11.1 Å². The second-order valence-corrected chi connectivity index (χ2v) is 5.33. The lowest BCUT2D eigenvalue weighted by molar-refractivity contribution is 0.282. The Labute approximate surface area is 124 Å². The van der Waals surface area contributed by atoms with Gasteiger partial charge in [-0.3, -0.25) is 4.99 Å². The Bertz CT molecular complexity index is 677. The van der Waals surface area contributed by atoms with E-state index in [0.717, 1.165) is 17.3 Å². The zero-order valence-corrected chi connectivity index (χ0v) is 12.3. The van der Waals surface area contributed by atoms with Gasteiger partial charge < -0.3 is 15.8 Å². The van der Waals surface area contributed by atoms with Crippen LogP contribution in [-0.2, 0) is 6.54 Å². The molecule has 2 aromatic carbocycles. The first-order valence-electron chi connectivity index (χ1n) is 7.05. The zero-order valence-electron chi connectivity index (χ0n) is 12.3. The molecule has 0 amide bonds. The molecule has 0 radical (unpaired) electrons. The molecule has 4 nitrogen and oxygen atoms in total. The molecule has 1 atom stereocenters. The van der Waals surface area contributed by atoms with E-state index in [1.165, 1.54) is 11.1 Å². The third-order valence-electron chi connectivity index (χ3n) is 3.51. The highest BCUT2D eigenvalue weighted by molar-refractivity contribution is 6.02. The first kappa shape index (κ1) is 13.5. The summed E-state index contributed by atoms with van der Waals surface area (Å²) in [5.41, 5.74) is 9.82. The summed E-state index contributed by atoms with van der Waals surface area (Å²) in [7, 11) is 0. The van der Waals surface area contributed by atoms with Crippen molar-refractivity contribution < 1.29 is 4.74 Å². The van der Waals surface area contributed by atoms with Gasteiger partial charge in [0.2, 0.25) is 0 Å². The number of fused-ring (bicyclic) bond motifs is 1.